The van der Waals surface area contributed by atoms with Gasteiger partial charge in [-0.05, 0) is 61.0 Å². The molecule has 0 aliphatic rings. The molecule has 0 spiro atoms. The lowest BCUT2D eigenvalue weighted by Gasteiger charge is -2.08. The van der Waals surface area contributed by atoms with Gasteiger partial charge in [0.25, 0.3) is 5.91 Å². The van der Waals surface area contributed by atoms with Crippen LogP contribution in [-0.4, -0.2) is 29.0 Å². The average Bonchev–Trinajstić information content (AvgIpc) is 3.17. The number of benzene rings is 2. The minimum absolute atomic E-state index is 0.139. The molecular formula is C25H19FN2O4. The molecule has 0 aliphatic carbocycles. The van der Waals surface area contributed by atoms with Crippen molar-refractivity contribution < 1.29 is 23.5 Å². The Morgan fingerprint density at radius 1 is 1.09 bits per heavy atom. The Morgan fingerprint density at radius 2 is 1.84 bits per heavy atom. The van der Waals surface area contributed by atoms with Gasteiger partial charge in [0.15, 0.2) is 0 Å². The lowest BCUT2D eigenvalue weighted by molar-refractivity contribution is 0.0696. The van der Waals surface area contributed by atoms with Crippen LogP contribution in [0.15, 0.2) is 65.1 Å². The van der Waals surface area contributed by atoms with Crippen LogP contribution in [0.2, 0.25) is 0 Å². The first kappa shape index (κ1) is 21.0. The van der Waals surface area contributed by atoms with Crippen molar-refractivity contribution in [1.82, 2.24) is 10.3 Å². The molecule has 2 aromatic carbocycles. The van der Waals surface area contributed by atoms with E-state index in [2.05, 4.69) is 10.3 Å². The van der Waals surface area contributed by atoms with E-state index in [1.165, 1.54) is 37.4 Å². The molecule has 7 heteroatoms. The molecule has 0 bridgehead atoms. The topological polar surface area (TPSA) is 92.4 Å². The number of carbonyl (C=O) groups is 2. The zero-order valence-corrected chi connectivity index (χ0v) is 17.3. The number of nitrogens with one attached hydrogen (secondary N) is 1. The third kappa shape index (κ3) is 3.76. The molecule has 0 aliphatic heterocycles. The number of hydrogen-bond acceptors (Lipinski definition) is 4. The lowest BCUT2D eigenvalue weighted by atomic mass is 9.98. The highest BCUT2D eigenvalue weighted by Gasteiger charge is 2.24. The maximum Gasteiger partial charge on any atom is 0.335 e. The highest BCUT2D eigenvalue weighted by Crippen LogP contribution is 2.37. The smallest absolute Gasteiger partial charge is 0.335 e. The van der Waals surface area contributed by atoms with Crippen molar-refractivity contribution in [1.29, 1.82) is 0 Å². The molecule has 2 N–H and O–H groups in total. The van der Waals surface area contributed by atoms with Crippen molar-refractivity contribution in [2.24, 2.45) is 0 Å². The molecular weight excluding hydrogens is 411 g/mol. The summed E-state index contributed by atoms with van der Waals surface area (Å²) < 4.78 is 19.4. The second kappa shape index (κ2) is 8.47. The molecule has 0 radical (unpaired) electrons. The summed E-state index contributed by atoms with van der Waals surface area (Å²) in [4.78, 5) is 28.8. The van der Waals surface area contributed by atoms with Crippen molar-refractivity contribution in [3.63, 3.8) is 0 Å². The van der Waals surface area contributed by atoms with Crippen LogP contribution in [0.3, 0.4) is 0 Å². The van der Waals surface area contributed by atoms with Gasteiger partial charge < -0.3 is 14.8 Å². The highest BCUT2D eigenvalue weighted by atomic mass is 19.1. The number of nitrogens with zero attached hydrogens (tertiary/aromatic N) is 1. The van der Waals surface area contributed by atoms with Crippen LogP contribution in [0.25, 0.3) is 39.6 Å². The third-order valence-electron chi connectivity index (χ3n) is 5.02. The molecule has 6 nitrogen and oxygen atoms in total. The van der Waals surface area contributed by atoms with Crippen molar-refractivity contribution in [2.75, 3.05) is 7.05 Å². The Morgan fingerprint density at radius 3 is 2.50 bits per heavy atom. The van der Waals surface area contributed by atoms with Crippen LogP contribution < -0.4 is 5.32 Å². The summed E-state index contributed by atoms with van der Waals surface area (Å²) in [7, 11) is 1.51. The number of allylic oxidation sites excluding steroid dienone is 1. The number of aromatic nitrogens is 1. The number of rotatable bonds is 5. The fourth-order valence-corrected chi connectivity index (χ4v) is 3.53. The Balaban J connectivity index is 2.03. The van der Waals surface area contributed by atoms with Crippen LogP contribution in [0, 0.1) is 5.82 Å². The number of pyridine rings is 1. The number of amides is 1. The maximum atomic E-state index is 13.4. The number of fused-ring (bicyclic) bond motifs is 1. The Bertz CT molecular complexity index is 1370. The molecule has 160 valence electrons. The number of aromatic carboxylic acids is 1. The van der Waals surface area contributed by atoms with Gasteiger partial charge in [-0.3, -0.25) is 4.79 Å². The molecule has 32 heavy (non-hydrogen) atoms. The Labute approximate surface area is 183 Å². The van der Waals surface area contributed by atoms with E-state index in [4.69, 9.17) is 4.42 Å². The van der Waals surface area contributed by atoms with Crippen molar-refractivity contribution >= 4 is 29.1 Å². The quantitative estimate of drug-likeness (QED) is 0.443. The van der Waals surface area contributed by atoms with E-state index < -0.39 is 11.8 Å². The Hall–Kier alpha value is -4.26. The molecule has 0 fully saturated rings. The monoisotopic (exact) mass is 430 g/mol. The van der Waals surface area contributed by atoms with Gasteiger partial charge >= 0.3 is 5.97 Å². The SMILES string of the molecule is C/C=C/c1nc2oc(-c3ccc(F)cc3)c(C(=O)NC)c2cc1-c1cccc(C(=O)O)c1. The van der Waals surface area contributed by atoms with E-state index in [0.29, 0.717) is 27.8 Å². The molecule has 0 unspecified atom stereocenters. The number of hydrogen-bond donors (Lipinski definition) is 2. The summed E-state index contributed by atoms with van der Waals surface area (Å²) in [5.74, 6) is -1.55. The van der Waals surface area contributed by atoms with Crippen LogP contribution in [0.4, 0.5) is 4.39 Å². The molecule has 2 aromatic heterocycles. The van der Waals surface area contributed by atoms with Crippen molar-refractivity contribution in [2.45, 2.75) is 6.92 Å². The first-order chi connectivity index (χ1) is 15.4. The van der Waals surface area contributed by atoms with E-state index in [-0.39, 0.29) is 28.5 Å². The summed E-state index contributed by atoms with van der Waals surface area (Å²) >= 11 is 0. The minimum atomic E-state index is -1.04. The Kier molecular flexibility index (Phi) is 5.55. The number of carbonyl (C=O) groups excluding carboxylic acids is 1. The zero-order valence-electron chi connectivity index (χ0n) is 17.3. The van der Waals surface area contributed by atoms with Gasteiger partial charge in [0, 0.05) is 18.2 Å². The molecule has 2 heterocycles. The molecule has 4 aromatic rings. The molecule has 0 atom stereocenters. The largest absolute Gasteiger partial charge is 0.478 e. The van der Waals surface area contributed by atoms with E-state index >= 15 is 0 Å². The van der Waals surface area contributed by atoms with Crippen LogP contribution in [0.5, 0.6) is 0 Å². The average molecular weight is 430 g/mol. The summed E-state index contributed by atoms with van der Waals surface area (Å²) in [6, 6.07) is 13.9. The van der Waals surface area contributed by atoms with Crippen LogP contribution in [0.1, 0.15) is 33.3 Å². The van der Waals surface area contributed by atoms with Gasteiger partial charge in [0.1, 0.15) is 11.6 Å². The minimum Gasteiger partial charge on any atom is -0.478 e. The van der Waals surface area contributed by atoms with Crippen LogP contribution >= 0.6 is 0 Å². The summed E-state index contributed by atoms with van der Waals surface area (Å²) in [6.07, 6.45) is 3.59. The summed E-state index contributed by atoms with van der Waals surface area (Å²) in [5, 5.41) is 12.5. The van der Waals surface area contributed by atoms with Crippen LogP contribution in [-0.2, 0) is 0 Å². The lowest BCUT2D eigenvalue weighted by Crippen LogP contribution is -2.18. The maximum absolute atomic E-state index is 13.4. The predicted molar refractivity (Wildman–Crippen MR) is 120 cm³/mol. The number of furan rings is 1. The fourth-order valence-electron chi connectivity index (χ4n) is 3.53. The van der Waals surface area contributed by atoms with E-state index in [1.807, 2.05) is 13.0 Å². The third-order valence-corrected chi connectivity index (χ3v) is 5.02. The summed E-state index contributed by atoms with van der Waals surface area (Å²) in [6.45, 7) is 1.84. The second-order valence-corrected chi connectivity index (χ2v) is 7.05. The van der Waals surface area contributed by atoms with Gasteiger partial charge in [-0.25, -0.2) is 14.2 Å². The molecule has 0 saturated carbocycles. The van der Waals surface area contributed by atoms with Gasteiger partial charge in [-0.2, -0.15) is 0 Å². The number of carboxylic acids is 1. The van der Waals surface area contributed by atoms with Gasteiger partial charge in [-0.15, -0.1) is 0 Å². The number of halogens is 1. The van der Waals surface area contributed by atoms with Crippen molar-refractivity contribution in [3.8, 4) is 22.5 Å². The van der Waals surface area contributed by atoms with E-state index in [1.54, 1.807) is 30.3 Å². The first-order valence-corrected chi connectivity index (χ1v) is 9.85. The zero-order chi connectivity index (χ0) is 22.8. The normalized spacial score (nSPS) is 11.2. The number of carboxylic acid groups (broad SMARTS) is 1. The van der Waals surface area contributed by atoms with Crippen molar-refractivity contribution in [3.05, 3.63) is 83.3 Å². The highest BCUT2D eigenvalue weighted by molar-refractivity contribution is 6.11. The van der Waals surface area contributed by atoms with E-state index in [0.717, 1.165) is 0 Å². The standard InChI is InChI=1S/C25H19FN2O4/c1-3-5-20-18(15-6-4-7-16(12-15)25(30)31)13-19-21(23(29)27-2)22(32-24(19)28-20)14-8-10-17(26)11-9-14/h3-13H,1-2H3,(H,27,29)(H,30,31)/b5-3+. The fraction of sp³-hybridized carbons (Fsp3) is 0.0800. The first-order valence-electron chi connectivity index (χ1n) is 9.85. The summed E-state index contributed by atoms with van der Waals surface area (Å²) in [5.41, 5.74) is 3.03. The molecule has 0 saturated heterocycles. The van der Waals surface area contributed by atoms with E-state index in [9.17, 15) is 19.1 Å². The van der Waals surface area contributed by atoms with Gasteiger partial charge in [0.2, 0.25) is 5.71 Å². The second-order valence-electron chi connectivity index (χ2n) is 7.05. The van der Waals surface area contributed by atoms with Gasteiger partial charge in [-0.1, -0.05) is 18.2 Å². The van der Waals surface area contributed by atoms with Gasteiger partial charge in [0.05, 0.1) is 22.2 Å². The molecule has 1 amide bonds. The molecule has 4 rings (SSSR count). The predicted octanol–water partition coefficient (Wildman–Crippen LogP) is 5.39.